The van der Waals surface area contributed by atoms with Crippen LogP contribution in [-0.4, -0.2) is 26.3 Å². The first-order valence-corrected chi connectivity index (χ1v) is 9.26. The van der Waals surface area contributed by atoms with Crippen LogP contribution in [0, 0.1) is 5.82 Å². The highest BCUT2D eigenvalue weighted by Gasteiger charge is 2.19. The molecule has 1 aromatic carbocycles. The number of nitrogens with zero attached hydrogens (tertiary/aromatic N) is 3. The number of carbonyl (C=O) groups is 1. The van der Waals surface area contributed by atoms with E-state index in [1.807, 2.05) is 0 Å². The van der Waals surface area contributed by atoms with E-state index in [1.165, 1.54) is 6.33 Å². The number of nitrogens with one attached hydrogen (secondary N) is 1. The number of hydrogen-bond acceptors (Lipinski definition) is 4. The Balaban J connectivity index is 1.88. The number of aromatic nitrogens is 3. The second-order valence-electron chi connectivity index (χ2n) is 6.85. The Bertz CT molecular complexity index is 1020. The van der Waals surface area contributed by atoms with Crippen LogP contribution in [0.25, 0.3) is 16.8 Å². The fourth-order valence-corrected chi connectivity index (χ4v) is 3.14. The van der Waals surface area contributed by atoms with Gasteiger partial charge in [0.25, 0.3) is 0 Å². The second kappa shape index (κ2) is 7.44. The zero-order valence-corrected chi connectivity index (χ0v) is 17.2. The number of halogens is 3. The molecule has 0 saturated heterocycles. The third kappa shape index (κ3) is 4.39. The molecule has 3 rings (SSSR count). The smallest absolute Gasteiger partial charge is 0.407 e. The molecular formula is C18H17BrClFN4O2. The highest BCUT2D eigenvalue weighted by Crippen LogP contribution is 2.32. The largest absolute Gasteiger partial charge is 0.444 e. The first-order chi connectivity index (χ1) is 12.7. The van der Waals surface area contributed by atoms with Gasteiger partial charge in [0.15, 0.2) is 5.82 Å². The van der Waals surface area contributed by atoms with Crippen molar-refractivity contribution in [1.82, 2.24) is 19.9 Å². The monoisotopic (exact) mass is 454 g/mol. The van der Waals surface area contributed by atoms with Crippen molar-refractivity contribution in [2.75, 3.05) is 0 Å². The molecule has 0 unspecified atom stereocenters. The molecular weight excluding hydrogens is 439 g/mol. The summed E-state index contributed by atoms with van der Waals surface area (Å²) in [5.74, 6) is -0.613. The second-order valence-corrected chi connectivity index (χ2v) is 8.15. The topological polar surface area (TPSA) is 68.5 Å². The summed E-state index contributed by atoms with van der Waals surface area (Å²) >= 11 is 9.56. The van der Waals surface area contributed by atoms with Crippen LogP contribution in [-0.2, 0) is 11.3 Å². The van der Waals surface area contributed by atoms with Crippen molar-refractivity contribution in [3.05, 3.63) is 51.6 Å². The van der Waals surface area contributed by atoms with Gasteiger partial charge in [-0.25, -0.2) is 18.7 Å². The minimum absolute atomic E-state index is 0.0425. The summed E-state index contributed by atoms with van der Waals surface area (Å²) in [6.45, 7) is 5.32. The molecule has 0 saturated carbocycles. The molecule has 0 fully saturated rings. The van der Waals surface area contributed by atoms with Gasteiger partial charge in [-0.1, -0.05) is 17.7 Å². The summed E-state index contributed by atoms with van der Waals surface area (Å²) in [7, 11) is 0. The average Bonchev–Trinajstić information content (AvgIpc) is 2.95. The third-order valence-electron chi connectivity index (χ3n) is 3.61. The Morgan fingerprint density at radius 2 is 2.15 bits per heavy atom. The molecule has 0 aliphatic carbocycles. The molecule has 0 aliphatic rings. The SMILES string of the molecule is CC(C)(C)OC(=O)NCc1ccc(-c2ncnn3cc(Br)cc23)c(F)c1Cl. The van der Waals surface area contributed by atoms with Gasteiger partial charge in [0.2, 0.25) is 0 Å². The third-order valence-corrected chi connectivity index (χ3v) is 4.45. The van der Waals surface area contributed by atoms with Crippen molar-refractivity contribution in [2.24, 2.45) is 0 Å². The lowest BCUT2D eigenvalue weighted by molar-refractivity contribution is 0.0523. The zero-order valence-electron chi connectivity index (χ0n) is 14.9. The highest BCUT2D eigenvalue weighted by molar-refractivity contribution is 9.10. The maximum absolute atomic E-state index is 14.9. The molecule has 1 N–H and O–H groups in total. The highest BCUT2D eigenvalue weighted by atomic mass is 79.9. The van der Waals surface area contributed by atoms with E-state index in [-0.39, 0.29) is 17.1 Å². The van der Waals surface area contributed by atoms with E-state index in [9.17, 15) is 9.18 Å². The molecule has 2 aromatic heterocycles. The number of carbonyl (C=O) groups excluding carboxylic acids is 1. The molecule has 1 amide bonds. The van der Waals surface area contributed by atoms with Crippen LogP contribution >= 0.6 is 27.5 Å². The van der Waals surface area contributed by atoms with E-state index in [1.54, 1.807) is 49.7 Å². The lowest BCUT2D eigenvalue weighted by Crippen LogP contribution is -2.32. The van der Waals surface area contributed by atoms with Crippen LogP contribution < -0.4 is 5.32 Å². The standard InChI is InChI=1S/C18H17BrClFN4O2/c1-18(2,3)27-17(26)22-7-10-4-5-12(15(21)14(10)20)16-13-6-11(19)8-25(13)24-9-23-16/h4-6,8-9H,7H2,1-3H3,(H,22,26). The Morgan fingerprint density at radius 1 is 1.41 bits per heavy atom. The molecule has 2 heterocycles. The zero-order chi connectivity index (χ0) is 19.8. The van der Waals surface area contributed by atoms with Crippen molar-refractivity contribution >= 4 is 39.1 Å². The number of fused-ring (bicyclic) bond motifs is 1. The Kier molecular flexibility index (Phi) is 5.39. The molecule has 9 heteroatoms. The number of hydrogen-bond donors (Lipinski definition) is 1. The molecule has 0 atom stereocenters. The van der Waals surface area contributed by atoms with Gasteiger partial charge in [0.05, 0.1) is 10.5 Å². The van der Waals surface area contributed by atoms with E-state index in [0.29, 0.717) is 16.8 Å². The summed E-state index contributed by atoms with van der Waals surface area (Å²) in [4.78, 5) is 16.0. The Hall–Kier alpha value is -2.19. The van der Waals surface area contributed by atoms with E-state index < -0.39 is 17.5 Å². The molecule has 3 aromatic rings. The van der Waals surface area contributed by atoms with Gasteiger partial charge in [-0.15, -0.1) is 0 Å². The molecule has 142 valence electrons. The molecule has 27 heavy (non-hydrogen) atoms. The number of rotatable bonds is 3. The van der Waals surface area contributed by atoms with Gasteiger partial charge < -0.3 is 10.1 Å². The maximum atomic E-state index is 14.9. The predicted molar refractivity (Wildman–Crippen MR) is 104 cm³/mol. The first kappa shape index (κ1) is 19.6. The van der Waals surface area contributed by atoms with Crippen LogP contribution in [0.1, 0.15) is 26.3 Å². The lowest BCUT2D eigenvalue weighted by Gasteiger charge is -2.20. The Labute approximate surface area is 168 Å². The van der Waals surface area contributed by atoms with Crippen molar-refractivity contribution in [2.45, 2.75) is 32.9 Å². The summed E-state index contributed by atoms with van der Waals surface area (Å²) in [5.41, 5.74) is 1.12. The van der Waals surface area contributed by atoms with Gasteiger partial charge >= 0.3 is 6.09 Å². The van der Waals surface area contributed by atoms with Crippen molar-refractivity contribution < 1.29 is 13.9 Å². The predicted octanol–water partition coefficient (Wildman–Crippen LogP) is 4.98. The van der Waals surface area contributed by atoms with Gasteiger partial charge in [0, 0.05) is 22.8 Å². The normalized spacial score (nSPS) is 11.6. The molecule has 0 spiro atoms. The van der Waals surface area contributed by atoms with Gasteiger partial charge in [-0.3, -0.25) is 0 Å². The number of ether oxygens (including phenoxy) is 1. The van der Waals surface area contributed by atoms with Gasteiger partial charge in [-0.2, -0.15) is 5.10 Å². The van der Waals surface area contributed by atoms with E-state index >= 15 is 0 Å². The average molecular weight is 456 g/mol. The van der Waals surface area contributed by atoms with Gasteiger partial charge in [0.1, 0.15) is 17.6 Å². The van der Waals surface area contributed by atoms with Crippen LogP contribution in [0.5, 0.6) is 0 Å². The minimum Gasteiger partial charge on any atom is -0.444 e. The summed E-state index contributed by atoms with van der Waals surface area (Å²) < 4.78 is 22.5. The molecule has 0 bridgehead atoms. The molecule has 6 nitrogen and oxygen atoms in total. The van der Waals surface area contributed by atoms with E-state index in [4.69, 9.17) is 16.3 Å². The Morgan fingerprint density at radius 3 is 2.85 bits per heavy atom. The minimum atomic E-state index is -0.618. The summed E-state index contributed by atoms with van der Waals surface area (Å²) in [5, 5.41) is 6.58. The van der Waals surface area contributed by atoms with Crippen LogP contribution in [0.2, 0.25) is 5.02 Å². The van der Waals surface area contributed by atoms with E-state index in [0.717, 1.165) is 4.47 Å². The van der Waals surface area contributed by atoms with Crippen LogP contribution in [0.15, 0.2) is 35.2 Å². The first-order valence-electron chi connectivity index (χ1n) is 8.08. The van der Waals surface area contributed by atoms with E-state index in [2.05, 4.69) is 31.3 Å². The number of benzene rings is 1. The lowest BCUT2D eigenvalue weighted by atomic mass is 10.1. The van der Waals surface area contributed by atoms with Gasteiger partial charge in [-0.05, 0) is 54.4 Å². The van der Waals surface area contributed by atoms with Crippen LogP contribution in [0.3, 0.4) is 0 Å². The number of alkyl carbamates (subject to hydrolysis) is 1. The van der Waals surface area contributed by atoms with Crippen molar-refractivity contribution in [1.29, 1.82) is 0 Å². The fourth-order valence-electron chi connectivity index (χ4n) is 2.50. The summed E-state index contributed by atoms with van der Waals surface area (Å²) in [6.07, 6.45) is 2.50. The maximum Gasteiger partial charge on any atom is 0.407 e. The quantitative estimate of drug-likeness (QED) is 0.605. The fraction of sp³-hybridized carbons (Fsp3) is 0.278. The molecule has 0 aliphatic heterocycles. The summed E-state index contributed by atoms with van der Waals surface area (Å²) in [6, 6.07) is 5.02. The number of amides is 1. The van der Waals surface area contributed by atoms with Crippen LogP contribution in [0.4, 0.5) is 9.18 Å². The molecule has 0 radical (unpaired) electrons. The van der Waals surface area contributed by atoms with Crippen molar-refractivity contribution in [3.8, 4) is 11.3 Å². The van der Waals surface area contributed by atoms with Crippen molar-refractivity contribution in [3.63, 3.8) is 0 Å².